The molecule has 1 aromatic carbocycles. The summed E-state index contributed by atoms with van der Waals surface area (Å²) in [7, 11) is 3.81. The first kappa shape index (κ1) is 18.1. The second-order valence-corrected chi connectivity index (χ2v) is 7.47. The summed E-state index contributed by atoms with van der Waals surface area (Å²) in [5.74, 6) is 2.06. The zero-order valence-corrected chi connectivity index (χ0v) is 16.1. The van der Waals surface area contributed by atoms with E-state index in [1.165, 1.54) is 0 Å². The van der Waals surface area contributed by atoms with Crippen LogP contribution in [0.5, 0.6) is 0 Å². The molecule has 27 heavy (non-hydrogen) atoms. The molecule has 1 aromatic heterocycles. The number of hydrogen-bond donors (Lipinski definition) is 0. The maximum Gasteiger partial charge on any atom is 0.254 e. The SMILES string of the molecule is COCc1ccc(C(=O)N2CCCC2c2nnc3n2CCN(C)CC3)cc1. The number of carbonyl (C=O) groups is 1. The Morgan fingerprint density at radius 1 is 1.15 bits per heavy atom. The van der Waals surface area contributed by atoms with Crippen molar-refractivity contribution in [2.45, 2.75) is 38.5 Å². The van der Waals surface area contributed by atoms with Gasteiger partial charge in [0.2, 0.25) is 0 Å². The number of aromatic nitrogens is 3. The quantitative estimate of drug-likeness (QED) is 0.824. The summed E-state index contributed by atoms with van der Waals surface area (Å²) in [6.45, 7) is 4.20. The van der Waals surface area contributed by atoms with E-state index in [4.69, 9.17) is 4.74 Å². The van der Waals surface area contributed by atoms with Crippen LogP contribution >= 0.6 is 0 Å². The molecule has 1 fully saturated rings. The number of hydrogen-bond acceptors (Lipinski definition) is 5. The van der Waals surface area contributed by atoms with Gasteiger partial charge in [-0.3, -0.25) is 4.79 Å². The Hall–Kier alpha value is -2.25. The second kappa shape index (κ2) is 7.78. The highest BCUT2D eigenvalue weighted by Crippen LogP contribution is 2.33. The molecule has 2 aliphatic heterocycles. The van der Waals surface area contributed by atoms with Crippen LogP contribution in [0, 0.1) is 0 Å². The number of nitrogens with zero attached hydrogens (tertiary/aromatic N) is 5. The molecule has 7 heteroatoms. The van der Waals surface area contributed by atoms with E-state index in [1.54, 1.807) is 7.11 Å². The molecule has 0 aliphatic carbocycles. The van der Waals surface area contributed by atoms with E-state index in [0.29, 0.717) is 6.61 Å². The second-order valence-electron chi connectivity index (χ2n) is 7.47. The zero-order valence-electron chi connectivity index (χ0n) is 16.1. The van der Waals surface area contributed by atoms with Gasteiger partial charge in [-0.2, -0.15) is 0 Å². The van der Waals surface area contributed by atoms with E-state index < -0.39 is 0 Å². The fourth-order valence-corrected chi connectivity index (χ4v) is 4.05. The normalized spacial score (nSPS) is 20.5. The molecule has 1 amide bonds. The van der Waals surface area contributed by atoms with Crippen molar-refractivity contribution in [2.24, 2.45) is 0 Å². The maximum absolute atomic E-state index is 13.1. The average molecular weight is 369 g/mol. The Morgan fingerprint density at radius 3 is 2.74 bits per heavy atom. The molecule has 0 spiro atoms. The minimum atomic E-state index is 0.0146. The maximum atomic E-state index is 13.1. The van der Waals surface area contributed by atoms with Crippen LogP contribution in [-0.2, 0) is 24.3 Å². The number of fused-ring (bicyclic) bond motifs is 1. The Morgan fingerprint density at radius 2 is 1.96 bits per heavy atom. The van der Waals surface area contributed by atoms with Gasteiger partial charge in [0.05, 0.1) is 12.6 Å². The fraction of sp³-hybridized carbons (Fsp3) is 0.550. The van der Waals surface area contributed by atoms with Gasteiger partial charge in [-0.1, -0.05) is 12.1 Å². The monoisotopic (exact) mass is 369 g/mol. The van der Waals surface area contributed by atoms with Crippen LogP contribution < -0.4 is 0 Å². The Kier molecular flexibility index (Phi) is 5.22. The summed E-state index contributed by atoms with van der Waals surface area (Å²) in [5.41, 5.74) is 1.79. The van der Waals surface area contributed by atoms with E-state index in [-0.39, 0.29) is 11.9 Å². The van der Waals surface area contributed by atoms with Gasteiger partial charge in [0.1, 0.15) is 5.82 Å². The van der Waals surface area contributed by atoms with Gasteiger partial charge in [-0.25, -0.2) is 0 Å². The molecule has 7 nitrogen and oxygen atoms in total. The van der Waals surface area contributed by atoms with Crippen molar-refractivity contribution >= 4 is 5.91 Å². The Bertz CT molecular complexity index is 801. The number of likely N-dealkylation sites (tertiary alicyclic amines) is 1. The van der Waals surface area contributed by atoms with Crippen molar-refractivity contribution in [2.75, 3.05) is 33.8 Å². The van der Waals surface area contributed by atoms with Crippen LogP contribution in [-0.4, -0.2) is 64.3 Å². The third-order valence-corrected chi connectivity index (χ3v) is 5.60. The first-order valence-corrected chi connectivity index (χ1v) is 9.66. The zero-order chi connectivity index (χ0) is 18.8. The molecule has 1 unspecified atom stereocenters. The molecule has 2 aliphatic rings. The lowest BCUT2D eigenvalue weighted by Gasteiger charge is -2.25. The van der Waals surface area contributed by atoms with Crippen LogP contribution in [0.3, 0.4) is 0 Å². The van der Waals surface area contributed by atoms with E-state index >= 15 is 0 Å². The number of carbonyl (C=O) groups excluding carboxylic acids is 1. The first-order valence-electron chi connectivity index (χ1n) is 9.66. The number of amides is 1. The van der Waals surface area contributed by atoms with Crippen molar-refractivity contribution in [1.29, 1.82) is 0 Å². The molecule has 144 valence electrons. The first-order chi connectivity index (χ1) is 13.2. The van der Waals surface area contributed by atoms with Crippen molar-refractivity contribution in [1.82, 2.24) is 24.6 Å². The highest BCUT2D eigenvalue weighted by atomic mass is 16.5. The summed E-state index contributed by atoms with van der Waals surface area (Å²) >= 11 is 0. The predicted octanol–water partition coefficient (Wildman–Crippen LogP) is 1.89. The smallest absolute Gasteiger partial charge is 0.254 e. The van der Waals surface area contributed by atoms with Gasteiger partial charge in [0.25, 0.3) is 5.91 Å². The van der Waals surface area contributed by atoms with E-state index in [9.17, 15) is 4.79 Å². The molecular formula is C20H27N5O2. The molecule has 1 saturated heterocycles. The molecule has 0 N–H and O–H groups in total. The van der Waals surface area contributed by atoms with Gasteiger partial charge in [0, 0.05) is 45.3 Å². The molecule has 0 radical (unpaired) electrons. The van der Waals surface area contributed by atoms with E-state index in [1.807, 2.05) is 29.2 Å². The highest BCUT2D eigenvalue weighted by molar-refractivity contribution is 5.94. The minimum absolute atomic E-state index is 0.0146. The lowest BCUT2D eigenvalue weighted by molar-refractivity contribution is 0.0727. The van der Waals surface area contributed by atoms with Crippen LogP contribution in [0.15, 0.2) is 24.3 Å². The van der Waals surface area contributed by atoms with Crippen molar-refractivity contribution in [3.8, 4) is 0 Å². The molecule has 3 heterocycles. The van der Waals surface area contributed by atoms with Crippen LogP contribution in [0.4, 0.5) is 0 Å². The van der Waals surface area contributed by atoms with E-state index in [0.717, 1.165) is 68.2 Å². The summed E-state index contributed by atoms with van der Waals surface area (Å²) < 4.78 is 7.39. The van der Waals surface area contributed by atoms with Crippen molar-refractivity contribution in [3.63, 3.8) is 0 Å². The number of likely N-dealkylation sites (N-methyl/N-ethyl adjacent to an activating group) is 1. The van der Waals surface area contributed by atoms with Gasteiger partial charge in [-0.15, -0.1) is 10.2 Å². The molecular weight excluding hydrogens is 342 g/mol. The summed E-state index contributed by atoms with van der Waals surface area (Å²) in [5, 5.41) is 8.92. The summed E-state index contributed by atoms with van der Waals surface area (Å²) in [4.78, 5) is 17.4. The molecule has 2 aromatic rings. The minimum Gasteiger partial charge on any atom is -0.380 e. The van der Waals surface area contributed by atoms with Gasteiger partial charge in [-0.05, 0) is 37.6 Å². The average Bonchev–Trinajstić information content (AvgIpc) is 3.27. The van der Waals surface area contributed by atoms with E-state index in [2.05, 4.69) is 26.7 Å². The standard InChI is InChI=1S/C20H27N5O2/c1-23-11-9-18-21-22-19(25(18)13-12-23)17-4-3-10-24(17)20(26)16-7-5-15(6-8-16)14-27-2/h5-8,17H,3-4,9-14H2,1-2H3. The van der Waals surface area contributed by atoms with Crippen LogP contribution in [0.1, 0.15) is 46.5 Å². The van der Waals surface area contributed by atoms with Gasteiger partial charge >= 0.3 is 0 Å². The number of methoxy groups -OCH3 is 1. The lowest BCUT2D eigenvalue weighted by atomic mass is 10.1. The Balaban J connectivity index is 1.56. The number of ether oxygens (including phenoxy) is 1. The number of benzene rings is 1. The summed E-state index contributed by atoms with van der Waals surface area (Å²) in [6, 6.07) is 7.72. The summed E-state index contributed by atoms with van der Waals surface area (Å²) in [6.07, 6.45) is 2.85. The highest BCUT2D eigenvalue weighted by Gasteiger charge is 2.35. The molecule has 1 atom stereocenters. The molecule has 0 saturated carbocycles. The van der Waals surface area contributed by atoms with Crippen LogP contribution in [0.25, 0.3) is 0 Å². The molecule has 4 rings (SSSR count). The molecule has 0 bridgehead atoms. The lowest BCUT2D eigenvalue weighted by Crippen LogP contribution is -2.32. The van der Waals surface area contributed by atoms with Gasteiger partial charge in [0.15, 0.2) is 5.82 Å². The largest absolute Gasteiger partial charge is 0.380 e. The predicted molar refractivity (Wildman–Crippen MR) is 101 cm³/mol. The third-order valence-electron chi connectivity index (χ3n) is 5.60. The van der Waals surface area contributed by atoms with Gasteiger partial charge < -0.3 is 19.1 Å². The topological polar surface area (TPSA) is 63.5 Å². The fourth-order valence-electron chi connectivity index (χ4n) is 4.05. The Labute approximate surface area is 159 Å². The van der Waals surface area contributed by atoms with Crippen LogP contribution in [0.2, 0.25) is 0 Å². The third kappa shape index (κ3) is 3.61. The van der Waals surface area contributed by atoms with Crippen molar-refractivity contribution in [3.05, 3.63) is 47.0 Å². The number of rotatable bonds is 4. The van der Waals surface area contributed by atoms with Crippen molar-refractivity contribution < 1.29 is 9.53 Å².